The summed E-state index contributed by atoms with van der Waals surface area (Å²) in [4.78, 5) is 12.9. The number of allylic oxidation sites excluding steroid dienone is 3. The third-order valence-electron chi connectivity index (χ3n) is 6.07. The first-order valence-electron chi connectivity index (χ1n) is 10.3. The number of hydrogen-bond acceptors (Lipinski definition) is 5. The lowest BCUT2D eigenvalue weighted by Crippen LogP contribution is -2.24. The normalized spacial score (nSPS) is 19.0. The van der Waals surface area contributed by atoms with E-state index in [9.17, 15) is 4.79 Å². The van der Waals surface area contributed by atoms with Gasteiger partial charge < -0.3 is 18.9 Å². The highest BCUT2D eigenvalue weighted by atomic mass is 16.5. The van der Waals surface area contributed by atoms with Crippen molar-refractivity contribution >= 4 is 11.9 Å². The van der Waals surface area contributed by atoms with Crippen LogP contribution < -0.4 is 18.9 Å². The van der Waals surface area contributed by atoms with Crippen molar-refractivity contribution in [1.29, 1.82) is 0 Å². The van der Waals surface area contributed by atoms with E-state index in [1.807, 2.05) is 55.5 Å². The Balaban J connectivity index is 2.01. The maximum atomic E-state index is 12.9. The molecule has 1 aliphatic rings. The maximum Gasteiger partial charge on any atom is 0.159 e. The highest BCUT2D eigenvalue weighted by Gasteiger charge is 2.33. The summed E-state index contributed by atoms with van der Waals surface area (Å²) in [7, 11) is 6.57. The minimum atomic E-state index is -0.00638. The van der Waals surface area contributed by atoms with Crippen LogP contribution in [0.5, 0.6) is 23.0 Å². The van der Waals surface area contributed by atoms with Crippen molar-refractivity contribution < 1.29 is 23.7 Å². The summed E-state index contributed by atoms with van der Waals surface area (Å²) in [5.74, 6) is 3.27. The van der Waals surface area contributed by atoms with Crippen LogP contribution in [0.25, 0.3) is 6.08 Å². The Morgan fingerprint density at radius 3 is 2.06 bits per heavy atom. The van der Waals surface area contributed by atoms with Gasteiger partial charge in [0, 0.05) is 23.5 Å². The van der Waals surface area contributed by atoms with Crippen molar-refractivity contribution in [3.63, 3.8) is 0 Å². The first kappa shape index (κ1) is 22.5. The average molecular weight is 423 g/mol. The second kappa shape index (κ2) is 9.73. The highest BCUT2D eigenvalue weighted by molar-refractivity contribution is 5.98. The monoisotopic (exact) mass is 422 g/mol. The van der Waals surface area contributed by atoms with Crippen molar-refractivity contribution in [3.05, 3.63) is 64.7 Å². The van der Waals surface area contributed by atoms with Crippen molar-refractivity contribution in [2.24, 2.45) is 5.92 Å². The second-order valence-electron chi connectivity index (χ2n) is 7.65. The molecular weight excluding hydrogens is 392 g/mol. The van der Waals surface area contributed by atoms with Gasteiger partial charge in [-0.05, 0) is 60.4 Å². The number of Topliss-reactive ketones (excluding diaryl/α,β-unsaturated/α-hetero) is 1. The molecule has 2 atom stereocenters. The molecule has 0 aromatic heterocycles. The zero-order chi connectivity index (χ0) is 22.5. The van der Waals surface area contributed by atoms with Gasteiger partial charge in [0.2, 0.25) is 0 Å². The topological polar surface area (TPSA) is 54.0 Å². The van der Waals surface area contributed by atoms with Crippen molar-refractivity contribution in [1.82, 2.24) is 0 Å². The van der Waals surface area contributed by atoms with Crippen LogP contribution in [0.3, 0.4) is 0 Å². The predicted octanol–water partition coefficient (Wildman–Crippen LogP) is 5.44. The molecular formula is C26H30O5. The quantitative estimate of drug-likeness (QED) is 0.594. The molecule has 2 unspecified atom stereocenters. The molecule has 0 saturated carbocycles. The largest absolute Gasteiger partial charge is 0.497 e. The van der Waals surface area contributed by atoms with Crippen LogP contribution in [0.2, 0.25) is 0 Å². The Hall–Kier alpha value is -3.21. The highest BCUT2D eigenvalue weighted by Crippen LogP contribution is 2.44. The number of hydrogen-bond donors (Lipinski definition) is 0. The first-order chi connectivity index (χ1) is 14.9. The van der Waals surface area contributed by atoms with Crippen molar-refractivity contribution in [2.45, 2.75) is 26.2 Å². The maximum absolute atomic E-state index is 12.9. The van der Waals surface area contributed by atoms with E-state index in [-0.39, 0.29) is 17.6 Å². The minimum Gasteiger partial charge on any atom is -0.497 e. The zero-order valence-electron chi connectivity index (χ0n) is 19.0. The van der Waals surface area contributed by atoms with Crippen LogP contribution in [0.4, 0.5) is 0 Å². The molecule has 0 bridgehead atoms. The molecule has 5 nitrogen and oxygen atoms in total. The van der Waals surface area contributed by atoms with E-state index in [0.717, 1.165) is 45.3 Å². The van der Waals surface area contributed by atoms with Crippen LogP contribution in [-0.2, 0) is 4.79 Å². The molecule has 164 valence electrons. The molecule has 2 aromatic carbocycles. The lowest BCUT2D eigenvalue weighted by molar-refractivity contribution is -0.116. The van der Waals surface area contributed by atoms with Gasteiger partial charge in [0.1, 0.15) is 23.0 Å². The molecule has 0 radical (unpaired) electrons. The first-order valence-corrected chi connectivity index (χ1v) is 10.3. The van der Waals surface area contributed by atoms with Crippen molar-refractivity contribution in [2.75, 3.05) is 28.4 Å². The summed E-state index contributed by atoms with van der Waals surface area (Å²) in [5, 5.41) is 0. The van der Waals surface area contributed by atoms with Gasteiger partial charge in [0.15, 0.2) is 5.78 Å². The van der Waals surface area contributed by atoms with E-state index in [4.69, 9.17) is 18.9 Å². The number of ether oxygens (including phenoxy) is 4. The van der Waals surface area contributed by atoms with Crippen LogP contribution >= 0.6 is 0 Å². The van der Waals surface area contributed by atoms with E-state index in [0.29, 0.717) is 6.42 Å². The standard InChI is InChI=1S/C26H30O5/c1-16-21(10-7-18-13-19(28-3)8-11-25(18)30-5)17(2)24(27)15-22(16)23-14-20(29-4)9-12-26(23)31-6/h7-14,16,22H,15H2,1-6H3/b10-7+. The second-order valence-corrected chi connectivity index (χ2v) is 7.65. The smallest absolute Gasteiger partial charge is 0.159 e. The summed E-state index contributed by atoms with van der Waals surface area (Å²) in [6.07, 6.45) is 4.44. The number of rotatable bonds is 7. The fourth-order valence-electron chi connectivity index (χ4n) is 4.18. The van der Waals surface area contributed by atoms with Gasteiger partial charge in [-0.15, -0.1) is 0 Å². The van der Waals surface area contributed by atoms with Crippen molar-refractivity contribution in [3.8, 4) is 23.0 Å². The third-order valence-corrected chi connectivity index (χ3v) is 6.07. The molecule has 0 spiro atoms. The molecule has 0 saturated heterocycles. The van der Waals surface area contributed by atoms with E-state index in [1.54, 1.807) is 28.4 Å². The van der Waals surface area contributed by atoms with Crippen LogP contribution in [-0.4, -0.2) is 34.2 Å². The predicted molar refractivity (Wildman–Crippen MR) is 122 cm³/mol. The average Bonchev–Trinajstić information content (AvgIpc) is 2.80. The molecule has 0 amide bonds. The summed E-state index contributed by atoms with van der Waals surface area (Å²) < 4.78 is 21.8. The van der Waals surface area contributed by atoms with Gasteiger partial charge in [-0.25, -0.2) is 0 Å². The summed E-state index contributed by atoms with van der Waals surface area (Å²) >= 11 is 0. The fourth-order valence-corrected chi connectivity index (χ4v) is 4.18. The number of benzene rings is 2. The SMILES string of the molecule is COc1ccc(OC)c(/C=C/C2=C(C)C(=O)CC(c3cc(OC)ccc3OC)C2C)c1. The Morgan fingerprint density at radius 2 is 1.45 bits per heavy atom. The Labute approximate surface area is 184 Å². The molecule has 0 fully saturated rings. The fraction of sp³-hybridized carbons (Fsp3) is 0.346. The molecule has 5 heteroatoms. The molecule has 31 heavy (non-hydrogen) atoms. The summed E-state index contributed by atoms with van der Waals surface area (Å²) in [6.45, 7) is 4.06. The van der Waals surface area contributed by atoms with Crippen LogP contribution in [0.1, 0.15) is 37.3 Å². The van der Waals surface area contributed by atoms with Gasteiger partial charge in [0.25, 0.3) is 0 Å². The third kappa shape index (κ3) is 4.61. The van der Waals surface area contributed by atoms with Gasteiger partial charge >= 0.3 is 0 Å². The molecule has 2 aromatic rings. The number of carbonyl (C=O) groups is 1. The van der Waals surface area contributed by atoms with E-state index < -0.39 is 0 Å². The van der Waals surface area contributed by atoms with Gasteiger partial charge in [-0.1, -0.05) is 19.1 Å². The Morgan fingerprint density at radius 1 is 0.839 bits per heavy atom. The number of ketones is 1. The van der Waals surface area contributed by atoms with Gasteiger partial charge in [0.05, 0.1) is 28.4 Å². The van der Waals surface area contributed by atoms with Crippen LogP contribution in [0.15, 0.2) is 53.6 Å². The van der Waals surface area contributed by atoms with Crippen LogP contribution in [0, 0.1) is 5.92 Å². The molecule has 1 aliphatic carbocycles. The van der Waals surface area contributed by atoms with E-state index in [2.05, 4.69) is 6.92 Å². The molecule has 3 rings (SSSR count). The Kier molecular flexibility index (Phi) is 7.06. The van der Waals surface area contributed by atoms with Gasteiger partial charge in [-0.3, -0.25) is 4.79 Å². The van der Waals surface area contributed by atoms with E-state index in [1.165, 1.54) is 0 Å². The summed E-state index contributed by atoms with van der Waals surface area (Å²) in [6, 6.07) is 11.4. The Bertz CT molecular complexity index is 1020. The lowest BCUT2D eigenvalue weighted by Gasteiger charge is -2.32. The molecule has 0 heterocycles. The zero-order valence-corrected chi connectivity index (χ0v) is 19.0. The van der Waals surface area contributed by atoms with Gasteiger partial charge in [-0.2, -0.15) is 0 Å². The number of carbonyl (C=O) groups excluding carboxylic acids is 1. The summed E-state index contributed by atoms with van der Waals surface area (Å²) in [5.41, 5.74) is 3.68. The number of methoxy groups -OCH3 is 4. The van der Waals surface area contributed by atoms with E-state index >= 15 is 0 Å². The minimum absolute atomic E-state index is 0.00638. The molecule has 0 N–H and O–H groups in total. The lowest BCUT2D eigenvalue weighted by atomic mass is 9.72. The molecule has 0 aliphatic heterocycles.